The lowest BCUT2D eigenvalue weighted by atomic mass is 10.2. The summed E-state index contributed by atoms with van der Waals surface area (Å²) in [5, 5.41) is 8.42. The van der Waals surface area contributed by atoms with Gasteiger partial charge in [-0.25, -0.2) is 9.59 Å². The molecule has 0 radical (unpaired) electrons. The van der Waals surface area contributed by atoms with E-state index < -0.39 is 11.6 Å². The lowest BCUT2D eigenvalue weighted by molar-refractivity contribution is -0.131. The van der Waals surface area contributed by atoms with E-state index >= 15 is 0 Å². The fraction of sp³-hybridized carbons (Fsp3) is 0.200. The fourth-order valence-electron chi connectivity index (χ4n) is 1.07. The third-order valence-electron chi connectivity index (χ3n) is 1.80. The van der Waals surface area contributed by atoms with Gasteiger partial charge in [0.1, 0.15) is 11.5 Å². The minimum absolute atomic E-state index is 0.182. The molecule has 1 heterocycles. The van der Waals surface area contributed by atoms with Crippen LogP contribution in [-0.2, 0) is 4.79 Å². The van der Waals surface area contributed by atoms with Gasteiger partial charge >= 0.3 is 11.6 Å². The van der Waals surface area contributed by atoms with Gasteiger partial charge in [0.05, 0.1) is 13.2 Å². The van der Waals surface area contributed by atoms with Gasteiger partial charge in [-0.05, 0) is 13.0 Å². The van der Waals surface area contributed by atoms with E-state index in [-0.39, 0.29) is 5.76 Å². The number of hydrogen-bond acceptors (Lipinski definition) is 4. The zero-order valence-corrected chi connectivity index (χ0v) is 8.31. The molecule has 0 aliphatic heterocycles. The van der Waals surface area contributed by atoms with Gasteiger partial charge in [-0.2, -0.15) is 0 Å². The quantitative estimate of drug-likeness (QED) is 0.754. The average Bonchev–Trinajstić information content (AvgIpc) is 2.18. The highest BCUT2D eigenvalue weighted by molar-refractivity contribution is 5.85. The summed E-state index contributed by atoms with van der Waals surface area (Å²) in [6.07, 6.45) is 2.10. The summed E-state index contributed by atoms with van der Waals surface area (Å²) in [7, 11) is 1.42. The number of ether oxygens (including phenoxy) is 1. The second kappa shape index (κ2) is 4.45. The molecule has 0 saturated carbocycles. The first-order valence-electron chi connectivity index (χ1n) is 4.14. The van der Waals surface area contributed by atoms with Crippen molar-refractivity contribution in [2.24, 2.45) is 0 Å². The Balaban J connectivity index is 3.23. The topological polar surface area (TPSA) is 76.7 Å². The SMILES string of the molecule is COc1cc(=O)oc(C=CC(=O)O)c1C. The molecule has 0 fully saturated rings. The number of methoxy groups -OCH3 is 1. The highest BCUT2D eigenvalue weighted by atomic mass is 16.5. The molecule has 0 aromatic carbocycles. The highest BCUT2D eigenvalue weighted by Crippen LogP contribution is 2.19. The van der Waals surface area contributed by atoms with Gasteiger partial charge in [0.2, 0.25) is 0 Å². The van der Waals surface area contributed by atoms with Crippen LogP contribution in [0.1, 0.15) is 11.3 Å². The molecule has 0 atom stereocenters. The Bertz CT molecular complexity index is 455. The zero-order valence-electron chi connectivity index (χ0n) is 8.31. The number of carbonyl (C=O) groups is 1. The van der Waals surface area contributed by atoms with Crippen LogP contribution in [0.15, 0.2) is 21.4 Å². The molecule has 1 aromatic heterocycles. The Morgan fingerprint density at radius 1 is 1.60 bits per heavy atom. The number of carboxylic acids is 1. The van der Waals surface area contributed by atoms with Crippen LogP contribution in [0.5, 0.6) is 5.75 Å². The first kappa shape index (κ1) is 11.0. The molecule has 0 saturated heterocycles. The van der Waals surface area contributed by atoms with Crippen LogP contribution in [0.4, 0.5) is 0 Å². The van der Waals surface area contributed by atoms with E-state index in [0.717, 1.165) is 6.08 Å². The molecule has 1 aromatic rings. The van der Waals surface area contributed by atoms with E-state index in [4.69, 9.17) is 14.3 Å². The van der Waals surface area contributed by atoms with Crippen molar-refractivity contribution in [3.8, 4) is 5.75 Å². The third kappa shape index (κ3) is 2.70. The summed E-state index contributed by atoms with van der Waals surface area (Å²) in [6.45, 7) is 1.67. The highest BCUT2D eigenvalue weighted by Gasteiger charge is 2.06. The normalized spacial score (nSPS) is 10.5. The fourth-order valence-corrected chi connectivity index (χ4v) is 1.07. The van der Waals surface area contributed by atoms with Crippen molar-refractivity contribution in [2.45, 2.75) is 6.92 Å². The van der Waals surface area contributed by atoms with E-state index in [1.165, 1.54) is 19.3 Å². The second-order valence-electron chi connectivity index (χ2n) is 2.79. The van der Waals surface area contributed by atoms with Gasteiger partial charge in [0.15, 0.2) is 0 Å². The van der Waals surface area contributed by atoms with Crippen molar-refractivity contribution in [2.75, 3.05) is 7.11 Å². The van der Waals surface area contributed by atoms with Crippen molar-refractivity contribution < 1.29 is 19.1 Å². The summed E-state index contributed by atoms with van der Waals surface area (Å²) in [5.41, 5.74) is -0.00270. The molecule has 1 rings (SSSR count). The average molecular weight is 210 g/mol. The van der Waals surface area contributed by atoms with Gasteiger partial charge in [-0.15, -0.1) is 0 Å². The summed E-state index contributed by atoms with van der Waals surface area (Å²) in [4.78, 5) is 21.3. The van der Waals surface area contributed by atoms with Crippen molar-refractivity contribution >= 4 is 12.0 Å². The molecule has 1 N–H and O–H groups in total. The van der Waals surface area contributed by atoms with Crippen LogP contribution in [0.25, 0.3) is 6.08 Å². The maximum absolute atomic E-state index is 11.0. The molecule has 80 valence electrons. The Morgan fingerprint density at radius 3 is 2.80 bits per heavy atom. The molecule has 15 heavy (non-hydrogen) atoms. The smallest absolute Gasteiger partial charge is 0.339 e. The minimum Gasteiger partial charge on any atom is -0.496 e. The second-order valence-corrected chi connectivity index (χ2v) is 2.79. The Hall–Kier alpha value is -2.04. The van der Waals surface area contributed by atoms with Crippen LogP contribution >= 0.6 is 0 Å². The van der Waals surface area contributed by atoms with Crippen LogP contribution in [0.2, 0.25) is 0 Å². The van der Waals surface area contributed by atoms with Gasteiger partial charge < -0.3 is 14.3 Å². The van der Waals surface area contributed by atoms with E-state index in [1.54, 1.807) is 6.92 Å². The van der Waals surface area contributed by atoms with E-state index in [9.17, 15) is 9.59 Å². The summed E-state index contributed by atoms with van der Waals surface area (Å²) in [5.74, 6) is -0.557. The van der Waals surface area contributed by atoms with Gasteiger partial charge in [0.25, 0.3) is 0 Å². The predicted molar refractivity (Wildman–Crippen MR) is 52.9 cm³/mol. The van der Waals surface area contributed by atoms with Crippen molar-refractivity contribution in [3.05, 3.63) is 33.9 Å². The lowest BCUT2D eigenvalue weighted by Gasteiger charge is -2.04. The molecule has 0 amide bonds. The van der Waals surface area contributed by atoms with Crippen LogP contribution in [0.3, 0.4) is 0 Å². The summed E-state index contributed by atoms with van der Waals surface area (Å²) in [6, 6.07) is 1.20. The van der Waals surface area contributed by atoms with Gasteiger partial charge in [-0.1, -0.05) is 0 Å². The monoisotopic (exact) mass is 210 g/mol. The summed E-state index contributed by atoms with van der Waals surface area (Å²) >= 11 is 0. The molecule has 5 heteroatoms. The van der Waals surface area contributed by atoms with Crippen molar-refractivity contribution in [3.63, 3.8) is 0 Å². The maximum atomic E-state index is 11.0. The van der Waals surface area contributed by atoms with E-state index in [2.05, 4.69) is 0 Å². The van der Waals surface area contributed by atoms with E-state index in [0.29, 0.717) is 11.3 Å². The standard InChI is InChI=1S/C10H10O5/c1-6-7(3-4-9(11)12)15-10(13)5-8(6)14-2/h3-5H,1-2H3,(H,11,12). The minimum atomic E-state index is -1.11. The molecule has 0 aliphatic carbocycles. The Kier molecular flexibility index (Phi) is 3.28. The Morgan fingerprint density at radius 2 is 2.27 bits per heavy atom. The van der Waals surface area contributed by atoms with Crippen molar-refractivity contribution in [1.82, 2.24) is 0 Å². The van der Waals surface area contributed by atoms with Crippen LogP contribution < -0.4 is 10.4 Å². The zero-order chi connectivity index (χ0) is 11.4. The molecule has 0 unspecified atom stereocenters. The van der Waals surface area contributed by atoms with E-state index in [1.807, 2.05) is 0 Å². The number of aliphatic carboxylic acids is 1. The number of hydrogen-bond donors (Lipinski definition) is 1. The Labute approximate surface area is 85.6 Å². The molecule has 5 nitrogen and oxygen atoms in total. The largest absolute Gasteiger partial charge is 0.496 e. The first-order valence-corrected chi connectivity index (χ1v) is 4.14. The number of rotatable bonds is 3. The summed E-state index contributed by atoms with van der Waals surface area (Å²) < 4.78 is 9.75. The molecule has 0 spiro atoms. The number of carboxylic acid groups (broad SMARTS) is 1. The molecular formula is C10H10O5. The van der Waals surface area contributed by atoms with Crippen molar-refractivity contribution in [1.29, 1.82) is 0 Å². The predicted octanol–water partition coefficient (Wildman–Crippen LogP) is 1.05. The van der Waals surface area contributed by atoms with Crippen LogP contribution in [-0.4, -0.2) is 18.2 Å². The third-order valence-corrected chi connectivity index (χ3v) is 1.80. The van der Waals surface area contributed by atoms with Gasteiger partial charge in [0, 0.05) is 11.6 Å². The molecular weight excluding hydrogens is 200 g/mol. The lowest BCUT2D eigenvalue weighted by Crippen LogP contribution is -2.02. The molecule has 0 aliphatic rings. The maximum Gasteiger partial charge on any atom is 0.339 e. The van der Waals surface area contributed by atoms with Gasteiger partial charge in [-0.3, -0.25) is 0 Å². The molecule has 0 bridgehead atoms. The van der Waals surface area contributed by atoms with Crippen LogP contribution in [0, 0.1) is 6.92 Å². The first-order chi connectivity index (χ1) is 7.04.